The minimum Gasteiger partial charge on any atom is -0.413 e. The average Bonchev–Trinajstić information content (AvgIpc) is 2.47. The number of halogens is 1. The van der Waals surface area contributed by atoms with Crippen LogP contribution in [0.2, 0.25) is 0 Å². The highest BCUT2D eigenvalue weighted by molar-refractivity contribution is 5.85. The van der Waals surface area contributed by atoms with Crippen molar-refractivity contribution in [2.45, 2.75) is 0 Å². The van der Waals surface area contributed by atoms with E-state index >= 15 is 0 Å². The van der Waals surface area contributed by atoms with E-state index in [1.54, 1.807) is 6.07 Å². The van der Waals surface area contributed by atoms with Crippen LogP contribution in [0.3, 0.4) is 0 Å². The van der Waals surface area contributed by atoms with Gasteiger partial charge in [0.2, 0.25) is 0 Å². The summed E-state index contributed by atoms with van der Waals surface area (Å²) in [6.07, 6.45) is 0. The van der Waals surface area contributed by atoms with Gasteiger partial charge in [0.1, 0.15) is 12.9 Å². The largest absolute Gasteiger partial charge is 0.413 e. The maximum Gasteiger partial charge on any atom is 0.291 e. The zero-order chi connectivity index (χ0) is 14.1. The van der Waals surface area contributed by atoms with Gasteiger partial charge in [0, 0.05) is 5.56 Å². The van der Waals surface area contributed by atoms with Crippen molar-refractivity contribution in [3.8, 4) is 11.3 Å². The topological polar surface area (TPSA) is 31.2 Å². The summed E-state index contributed by atoms with van der Waals surface area (Å²) in [5.74, 6) is -0.369. The lowest BCUT2D eigenvalue weighted by molar-refractivity contribution is 0.163. The highest BCUT2D eigenvalue weighted by Crippen LogP contribution is 2.22. The maximum atomic E-state index is 13.3. The Kier molecular flexibility index (Phi) is 2.99. The second kappa shape index (κ2) is 4.81. The van der Waals surface area contributed by atoms with Crippen molar-refractivity contribution in [1.82, 2.24) is 4.73 Å². The third kappa shape index (κ3) is 1.95. The van der Waals surface area contributed by atoms with Crippen molar-refractivity contribution >= 4 is 10.8 Å². The molecule has 0 unspecified atom stereocenters. The van der Waals surface area contributed by atoms with Crippen molar-refractivity contribution in [3.63, 3.8) is 0 Å². The number of pyridine rings is 1. The van der Waals surface area contributed by atoms with Crippen LogP contribution in [-0.4, -0.2) is 11.8 Å². The highest BCUT2D eigenvalue weighted by Gasteiger charge is 2.11. The fourth-order valence-corrected chi connectivity index (χ4v) is 2.26. The molecular weight excluding hydrogens is 257 g/mol. The van der Waals surface area contributed by atoms with Gasteiger partial charge in [-0.2, -0.15) is 0 Å². The molecule has 100 valence electrons. The third-order valence-electron chi connectivity index (χ3n) is 3.19. The number of fused-ring (bicyclic) bond motifs is 1. The second-order valence-electron chi connectivity index (χ2n) is 4.41. The van der Waals surface area contributed by atoms with E-state index in [0.29, 0.717) is 16.5 Å². The molecule has 3 aromatic rings. The summed E-state index contributed by atoms with van der Waals surface area (Å²) >= 11 is 0. The fraction of sp³-hybridized carbons (Fsp3) is 0.0625. The lowest BCUT2D eigenvalue weighted by Crippen LogP contribution is -2.26. The first-order valence-corrected chi connectivity index (χ1v) is 6.16. The SMILES string of the molecule is COn1c(-c2ccccc2)cc2cc(F)ccc2c1=O. The predicted octanol–water partition coefficient (Wildman–Crippen LogP) is 2.87. The van der Waals surface area contributed by atoms with E-state index < -0.39 is 0 Å². The number of aromatic nitrogens is 1. The molecule has 0 aliphatic rings. The van der Waals surface area contributed by atoms with E-state index in [2.05, 4.69) is 0 Å². The van der Waals surface area contributed by atoms with E-state index in [-0.39, 0.29) is 11.4 Å². The lowest BCUT2D eigenvalue weighted by atomic mass is 10.1. The third-order valence-corrected chi connectivity index (χ3v) is 3.19. The Morgan fingerprint density at radius 2 is 1.80 bits per heavy atom. The Bertz CT molecular complexity index is 825. The summed E-state index contributed by atoms with van der Waals surface area (Å²) in [7, 11) is 1.43. The Labute approximate surface area is 114 Å². The summed E-state index contributed by atoms with van der Waals surface area (Å²) in [6, 6.07) is 15.2. The first kappa shape index (κ1) is 12.4. The molecule has 0 amide bonds. The summed E-state index contributed by atoms with van der Waals surface area (Å²) in [4.78, 5) is 17.6. The fourth-order valence-electron chi connectivity index (χ4n) is 2.26. The molecule has 3 rings (SSSR count). The Morgan fingerprint density at radius 3 is 2.50 bits per heavy atom. The van der Waals surface area contributed by atoms with Crippen LogP contribution in [-0.2, 0) is 0 Å². The summed E-state index contributed by atoms with van der Waals surface area (Å²) in [5.41, 5.74) is 1.12. The molecular formula is C16H12FNO2. The van der Waals surface area contributed by atoms with Gasteiger partial charge in [0.05, 0.1) is 11.1 Å². The Hall–Kier alpha value is -2.62. The normalized spacial score (nSPS) is 10.7. The van der Waals surface area contributed by atoms with Gasteiger partial charge in [-0.3, -0.25) is 4.79 Å². The average molecular weight is 269 g/mol. The van der Waals surface area contributed by atoms with E-state index in [4.69, 9.17) is 4.84 Å². The number of nitrogens with zero attached hydrogens (tertiary/aromatic N) is 1. The molecule has 1 heterocycles. The van der Waals surface area contributed by atoms with E-state index in [9.17, 15) is 9.18 Å². The summed E-state index contributed by atoms with van der Waals surface area (Å²) < 4.78 is 14.6. The molecule has 0 aliphatic heterocycles. The van der Waals surface area contributed by atoms with Gasteiger partial charge in [-0.05, 0) is 29.7 Å². The van der Waals surface area contributed by atoms with Gasteiger partial charge >= 0.3 is 0 Å². The molecule has 0 N–H and O–H groups in total. The van der Waals surface area contributed by atoms with E-state index in [1.165, 1.54) is 30.0 Å². The van der Waals surface area contributed by atoms with Crippen LogP contribution in [0.5, 0.6) is 0 Å². The molecule has 2 aromatic carbocycles. The maximum absolute atomic E-state index is 13.3. The van der Waals surface area contributed by atoms with Gasteiger partial charge in [-0.15, -0.1) is 4.73 Å². The zero-order valence-electron chi connectivity index (χ0n) is 10.8. The zero-order valence-corrected chi connectivity index (χ0v) is 10.8. The number of rotatable bonds is 2. The number of hydrogen-bond donors (Lipinski definition) is 0. The molecule has 4 heteroatoms. The molecule has 0 aliphatic carbocycles. The van der Waals surface area contributed by atoms with Crippen LogP contribution in [0.4, 0.5) is 4.39 Å². The van der Waals surface area contributed by atoms with Crippen LogP contribution in [0.25, 0.3) is 22.0 Å². The molecule has 0 spiro atoms. The minimum atomic E-state index is -0.369. The van der Waals surface area contributed by atoms with E-state index in [1.807, 2.05) is 30.3 Å². The Morgan fingerprint density at radius 1 is 1.05 bits per heavy atom. The van der Waals surface area contributed by atoms with Gasteiger partial charge in [0.15, 0.2) is 0 Å². The van der Waals surface area contributed by atoms with Crippen LogP contribution >= 0.6 is 0 Å². The second-order valence-corrected chi connectivity index (χ2v) is 4.41. The van der Waals surface area contributed by atoms with Gasteiger partial charge in [-0.25, -0.2) is 4.39 Å². The molecule has 20 heavy (non-hydrogen) atoms. The quantitative estimate of drug-likeness (QED) is 0.716. The molecule has 0 bridgehead atoms. The molecule has 1 aromatic heterocycles. The van der Waals surface area contributed by atoms with Gasteiger partial charge < -0.3 is 4.84 Å². The van der Waals surface area contributed by atoms with Gasteiger partial charge in [0.25, 0.3) is 5.56 Å². The first-order valence-electron chi connectivity index (χ1n) is 6.16. The first-order chi connectivity index (χ1) is 9.70. The van der Waals surface area contributed by atoms with Crippen LogP contribution in [0.15, 0.2) is 59.4 Å². The van der Waals surface area contributed by atoms with Crippen molar-refractivity contribution in [3.05, 3.63) is 70.8 Å². The van der Waals surface area contributed by atoms with Crippen LogP contribution in [0.1, 0.15) is 0 Å². The van der Waals surface area contributed by atoms with Crippen molar-refractivity contribution in [2.24, 2.45) is 0 Å². The van der Waals surface area contributed by atoms with Crippen molar-refractivity contribution in [1.29, 1.82) is 0 Å². The molecule has 0 saturated heterocycles. The monoisotopic (exact) mass is 269 g/mol. The highest BCUT2D eigenvalue weighted by atomic mass is 19.1. The molecule has 0 saturated carbocycles. The summed E-state index contributed by atoms with van der Waals surface area (Å²) in [6.45, 7) is 0. The lowest BCUT2D eigenvalue weighted by Gasteiger charge is -2.12. The van der Waals surface area contributed by atoms with Crippen LogP contribution < -0.4 is 10.4 Å². The van der Waals surface area contributed by atoms with Crippen molar-refractivity contribution < 1.29 is 9.23 Å². The number of benzene rings is 2. The Balaban J connectivity index is 2.39. The van der Waals surface area contributed by atoms with Crippen LogP contribution in [0, 0.1) is 5.82 Å². The minimum absolute atomic E-state index is 0.302. The van der Waals surface area contributed by atoms with E-state index in [0.717, 1.165) is 5.56 Å². The van der Waals surface area contributed by atoms with Crippen molar-refractivity contribution in [2.75, 3.05) is 7.11 Å². The predicted molar refractivity (Wildman–Crippen MR) is 76.1 cm³/mol. The molecule has 0 atom stereocenters. The smallest absolute Gasteiger partial charge is 0.291 e. The standard InChI is InChI=1S/C16H12FNO2/c1-20-18-15(11-5-3-2-4-6-11)10-12-9-13(17)7-8-14(12)16(18)19/h2-10H,1H3. The number of hydrogen-bond acceptors (Lipinski definition) is 2. The summed E-state index contributed by atoms with van der Waals surface area (Å²) in [5, 5.41) is 0.982. The molecule has 0 radical (unpaired) electrons. The molecule has 0 fully saturated rings. The van der Waals surface area contributed by atoms with Gasteiger partial charge in [-0.1, -0.05) is 30.3 Å². The molecule has 3 nitrogen and oxygen atoms in total.